The second-order valence-corrected chi connectivity index (χ2v) is 6.17. The molecule has 0 aliphatic rings. The minimum absolute atomic E-state index is 0.0284. The number of carbonyl (C=O) groups excluding carboxylic acids is 1. The Kier molecular flexibility index (Phi) is 4.85. The highest BCUT2D eigenvalue weighted by Crippen LogP contribution is 2.24. The number of thiophene rings is 1. The molecule has 1 aromatic carbocycles. The van der Waals surface area contributed by atoms with Crippen molar-refractivity contribution in [1.29, 1.82) is 0 Å². The van der Waals surface area contributed by atoms with Crippen LogP contribution in [0.2, 0.25) is 0 Å². The first-order valence-electron chi connectivity index (χ1n) is 7.33. The summed E-state index contributed by atoms with van der Waals surface area (Å²) in [6.45, 7) is 1.64. The predicted octanol–water partition coefficient (Wildman–Crippen LogP) is 3.55. The fourth-order valence-electron chi connectivity index (χ4n) is 2.09. The Hall–Kier alpha value is -3.07. The molecule has 3 rings (SSSR count). The first kappa shape index (κ1) is 16.8. The van der Waals surface area contributed by atoms with Crippen molar-refractivity contribution in [2.24, 2.45) is 0 Å². The van der Waals surface area contributed by atoms with Crippen molar-refractivity contribution >= 4 is 23.0 Å². The van der Waals surface area contributed by atoms with E-state index in [1.165, 1.54) is 35.6 Å². The molecular weight excluding hydrogens is 346 g/mol. The zero-order valence-corrected chi connectivity index (χ0v) is 13.9. The van der Waals surface area contributed by atoms with Gasteiger partial charge in [0, 0.05) is 22.6 Å². The molecular formula is C16H13N3O5S. The van der Waals surface area contributed by atoms with Gasteiger partial charge in [-0.1, -0.05) is 6.07 Å². The number of nitro benzene ring substituents is 1. The number of nitrogens with zero attached hydrogens (tertiary/aromatic N) is 3. The lowest BCUT2D eigenvalue weighted by Gasteiger charge is -2.08. The van der Waals surface area contributed by atoms with E-state index in [0.717, 1.165) is 4.88 Å². The third-order valence-electron chi connectivity index (χ3n) is 3.32. The molecule has 25 heavy (non-hydrogen) atoms. The Morgan fingerprint density at radius 1 is 1.32 bits per heavy atom. The fourth-order valence-corrected chi connectivity index (χ4v) is 2.78. The Bertz CT molecular complexity index is 874. The predicted molar refractivity (Wildman–Crippen MR) is 88.9 cm³/mol. The van der Waals surface area contributed by atoms with E-state index in [4.69, 9.17) is 9.15 Å². The van der Waals surface area contributed by atoms with Crippen LogP contribution in [0.1, 0.15) is 23.8 Å². The largest absolute Gasteiger partial charge is 0.452 e. The van der Waals surface area contributed by atoms with Crippen LogP contribution in [0.4, 0.5) is 5.69 Å². The Morgan fingerprint density at radius 2 is 2.08 bits per heavy atom. The molecule has 0 N–H and O–H groups in total. The third kappa shape index (κ3) is 4.07. The zero-order chi connectivity index (χ0) is 17.8. The average molecular weight is 359 g/mol. The van der Waals surface area contributed by atoms with Crippen molar-refractivity contribution in [2.75, 3.05) is 0 Å². The van der Waals surface area contributed by atoms with E-state index in [0.29, 0.717) is 5.56 Å². The number of hydrogen-bond donors (Lipinski definition) is 0. The number of carbonyl (C=O) groups is 1. The maximum Gasteiger partial charge on any atom is 0.311 e. The third-order valence-corrected chi connectivity index (χ3v) is 4.20. The zero-order valence-electron chi connectivity index (χ0n) is 13.1. The standard InChI is InChI=1S/C16H13N3O5S/c1-10(23-14(20)9-13-3-2-8-25-13)15-17-18-16(24-15)11-4-6-12(7-5-11)19(21)22/h2-8,10H,9H2,1H3. The van der Waals surface area contributed by atoms with Gasteiger partial charge in [0.05, 0.1) is 11.3 Å². The molecule has 0 aliphatic heterocycles. The van der Waals surface area contributed by atoms with E-state index in [2.05, 4.69) is 10.2 Å². The molecule has 0 radical (unpaired) electrons. The van der Waals surface area contributed by atoms with Crippen LogP contribution in [0.3, 0.4) is 0 Å². The monoisotopic (exact) mass is 359 g/mol. The smallest absolute Gasteiger partial charge is 0.311 e. The molecule has 0 amide bonds. The maximum atomic E-state index is 11.9. The normalized spacial score (nSPS) is 11.9. The molecule has 1 atom stereocenters. The van der Waals surface area contributed by atoms with Crippen LogP contribution in [0, 0.1) is 10.1 Å². The van der Waals surface area contributed by atoms with Gasteiger partial charge in [-0.25, -0.2) is 0 Å². The van der Waals surface area contributed by atoms with Crippen LogP contribution in [-0.2, 0) is 16.0 Å². The molecule has 0 bridgehead atoms. The molecule has 128 valence electrons. The first-order valence-corrected chi connectivity index (χ1v) is 8.21. The Labute approximate surface area is 146 Å². The van der Waals surface area contributed by atoms with Gasteiger partial charge in [0.1, 0.15) is 0 Å². The number of benzene rings is 1. The van der Waals surface area contributed by atoms with Crippen molar-refractivity contribution in [3.63, 3.8) is 0 Å². The number of esters is 1. The summed E-state index contributed by atoms with van der Waals surface area (Å²) in [4.78, 5) is 23.0. The lowest BCUT2D eigenvalue weighted by Crippen LogP contribution is -2.11. The van der Waals surface area contributed by atoms with Crippen LogP contribution in [0.25, 0.3) is 11.5 Å². The second kappa shape index (κ2) is 7.22. The number of hydrogen-bond acceptors (Lipinski definition) is 8. The molecule has 2 aromatic heterocycles. The number of rotatable bonds is 6. The minimum Gasteiger partial charge on any atom is -0.452 e. The summed E-state index contributed by atoms with van der Waals surface area (Å²) in [5.41, 5.74) is 0.515. The summed E-state index contributed by atoms with van der Waals surface area (Å²) < 4.78 is 10.8. The van der Waals surface area contributed by atoms with Gasteiger partial charge < -0.3 is 9.15 Å². The van der Waals surface area contributed by atoms with Gasteiger partial charge in [0.25, 0.3) is 11.6 Å². The van der Waals surface area contributed by atoms with Crippen molar-refractivity contribution < 1.29 is 18.9 Å². The molecule has 1 unspecified atom stereocenters. The van der Waals surface area contributed by atoms with Gasteiger partial charge in [-0.3, -0.25) is 14.9 Å². The van der Waals surface area contributed by atoms with Crippen LogP contribution >= 0.6 is 11.3 Å². The SMILES string of the molecule is CC(OC(=O)Cc1cccs1)c1nnc(-c2ccc([N+](=O)[O-])cc2)o1. The summed E-state index contributed by atoms with van der Waals surface area (Å²) in [7, 11) is 0. The van der Waals surface area contributed by atoms with Gasteiger partial charge in [0.15, 0.2) is 6.10 Å². The molecule has 0 saturated heterocycles. The number of aromatic nitrogens is 2. The Balaban J connectivity index is 1.65. The fraction of sp³-hybridized carbons (Fsp3) is 0.188. The highest BCUT2D eigenvalue weighted by Gasteiger charge is 2.19. The van der Waals surface area contributed by atoms with Gasteiger partial charge in [-0.2, -0.15) is 0 Å². The minimum atomic E-state index is -0.688. The molecule has 3 aromatic rings. The van der Waals surface area contributed by atoms with Crippen LogP contribution in [0.15, 0.2) is 46.2 Å². The number of non-ortho nitro benzene ring substituents is 1. The average Bonchev–Trinajstić information content (AvgIpc) is 3.26. The van der Waals surface area contributed by atoms with E-state index < -0.39 is 11.0 Å². The van der Waals surface area contributed by atoms with Crippen LogP contribution < -0.4 is 0 Å². The van der Waals surface area contributed by atoms with Crippen molar-refractivity contribution in [3.8, 4) is 11.5 Å². The molecule has 0 spiro atoms. The number of ether oxygens (including phenoxy) is 1. The molecule has 0 fully saturated rings. The van der Waals surface area contributed by atoms with Gasteiger partial charge in [-0.05, 0) is 30.5 Å². The van der Waals surface area contributed by atoms with E-state index in [9.17, 15) is 14.9 Å². The summed E-state index contributed by atoms with van der Waals surface area (Å²) in [5.74, 6) is -0.0241. The molecule has 0 aliphatic carbocycles. The van der Waals surface area contributed by atoms with Gasteiger partial charge in [0.2, 0.25) is 5.89 Å². The summed E-state index contributed by atoms with van der Waals surface area (Å²) in [6, 6.07) is 9.46. The molecule has 9 heteroatoms. The topological polar surface area (TPSA) is 108 Å². The van der Waals surface area contributed by atoms with Gasteiger partial charge >= 0.3 is 5.97 Å². The quantitative estimate of drug-likeness (QED) is 0.376. The molecule has 2 heterocycles. The van der Waals surface area contributed by atoms with Crippen molar-refractivity contribution in [1.82, 2.24) is 10.2 Å². The van der Waals surface area contributed by atoms with E-state index >= 15 is 0 Å². The van der Waals surface area contributed by atoms with Crippen molar-refractivity contribution in [2.45, 2.75) is 19.4 Å². The van der Waals surface area contributed by atoms with E-state index in [-0.39, 0.29) is 29.9 Å². The molecule has 8 nitrogen and oxygen atoms in total. The second-order valence-electron chi connectivity index (χ2n) is 5.14. The lowest BCUT2D eigenvalue weighted by atomic mass is 10.2. The van der Waals surface area contributed by atoms with Crippen molar-refractivity contribution in [3.05, 3.63) is 62.7 Å². The first-order chi connectivity index (χ1) is 12.0. The lowest BCUT2D eigenvalue weighted by molar-refractivity contribution is -0.384. The van der Waals surface area contributed by atoms with E-state index in [1.807, 2.05) is 17.5 Å². The van der Waals surface area contributed by atoms with E-state index in [1.54, 1.807) is 6.92 Å². The van der Waals surface area contributed by atoms with Crippen LogP contribution in [-0.4, -0.2) is 21.1 Å². The highest BCUT2D eigenvalue weighted by molar-refractivity contribution is 7.10. The maximum absolute atomic E-state index is 11.9. The number of nitro groups is 1. The van der Waals surface area contributed by atoms with Gasteiger partial charge in [-0.15, -0.1) is 21.5 Å². The highest BCUT2D eigenvalue weighted by atomic mass is 32.1. The summed E-state index contributed by atoms with van der Waals surface area (Å²) in [6.07, 6.45) is -0.502. The van der Waals surface area contributed by atoms with Crippen LogP contribution in [0.5, 0.6) is 0 Å². The molecule has 0 saturated carbocycles. The summed E-state index contributed by atoms with van der Waals surface area (Å²) in [5, 5.41) is 20.3. The summed E-state index contributed by atoms with van der Waals surface area (Å²) >= 11 is 1.48. The Morgan fingerprint density at radius 3 is 2.72 bits per heavy atom.